The fraction of sp³-hybridized carbons (Fsp3) is 0.588. The van der Waals surface area contributed by atoms with Crippen molar-refractivity contribution in [3.8, 4) is 0 Å². The summed E-state index contributed by atoms with van der Waals surface area (Å²) >= 11 is 0. The van der Waals surface area contributed by atoms with E-state index in [9.17, 15) is 4.79 Å². The highest BCUT2D eigenvalue weighted by molar-refractivity contribution is 5.94. The van der Waals surface area contributed by atoms with Gasteiger partial charge in [-0.15, -0.1) is 0 Å². The van der Waals surface area contributed by atoms with E-state index in [0.717, 1.165) is 31.5 Å². The lowest BCUT2D eigenvalue weighted by atomic mass is 10.1. The number of benzene rings is 1. The first-order valence-corrected chi connectivity index (χ1v) is 8.07. The number of rotatable bonds is 7. The molecule has 0 spiro atoms. The number of carbonyl (C=O) groups is 1. The molecular formula is C17H27N3O. The van der Waals surface area contributed by atoms with Crippen LogP contribution < -0.4 is 11.1 Å². The summed E-state index contributed by atoms with van der Waals surface area (Å²) in [7, 11) is 0. The van der Waals surface area contributed by atoms with Crippen LogP contribution in [-0.2, 0) is 11.2 Å². The van der Waals surface area contributed by atoms with E-state index in [1.54, 1.807) is 0 Å². The largest absolute Gasteiger partial charge is 0.325 e. The maximum Gasteiger partial charge on any atom is 0.241 e. The minimum Gasteiger partial charge on any atom is -0.325 e. The van der Waals surface area contributed by atoms with E-state index in [2.05, 4.69) is 22.3 Å². The maximum atomic E-state index is 11.9. The Balaban J connectivity index is 1.86. The van der Waals surface area contributed by atoms with Crippen LogP contribution in [0.3, 0.4) is 0 Å². The molecule has 4 heteroatoms. The first kappa shape index (κ1) is 16.0. The van der Waals surface area contributed by atoms with Crippen LogP contribution in [0.25, 0.3) is 0 Å². The van der Waals surface area contributed by atoms with Crippen molar-refractivity contribution in [2.75, 3.05) is 25.0 Å². The average Bonchev–Trinajstić information content (AvgIpc) is 2.99. The van der Waals surface area contributed by atoms with Gasteiger partial charge in [0, 0.05) is 12.2 Å². The van der Waals surface area contributed by atoms with Crippen LogP contribution in [0.15, 0.2) is 24.3 Å². The summed E-state index contributed by atoms with van der Waals surface area (Å²) in [4.78, 5) is 14.4. The van der Waals surface area contributed by atoms with Crippen LogP contribution in [0.5, 0.6) is 0 Å². The summed E-state index contributed by atoms with van der Waals surface area (Å²) < 4.78 is 0. The number of hydrogen-bond donors (Lipinski definition) is 2. The van der Waals surface area contributed by atoms with Crippen LogP contribution in [0.2, 0.25) is 0 Å². The minimum atomic E-state index is -0.414. The molecule has 1 unspecified atom stereocenters. The van der Waals surface area contributed by atoms with Crippen LogP contribution in [0.4, 0.5) is 5.69 Å². The van der Waals surface area contributed by atoms with Crippen LogP contribution in [0.1, 0.15) is 38.2 Å². The summed E-state index contributed by atoms with van der Waals surface area (Å²) in [5.74, 6) is -0.0893. The summed E-state index contributed by atoms with van der Waals surface area (Å²) in [5, 5.41) is 2.92. The predicted octanol–water partition coefficient (Wildman–Crippen LogP) is 2.39. The van der Waals surface area contributed by atoms with Crippen LogP contribution in [0, 0.1) is 0 Å². The van der Waals surface area contributed by atoms with E-state index >= 15 is 0 Å². The van der Waals surface area contributed by atoms with E-state index in [-0.39, 0.29) is 5.91 Å². The third-order valence-electron chi connectivity index (χ3n) is 4.05. The lowest BCUT2D eigenvalue weighted by Gasteiger charge is -2.15. The number of hydrogen-bond acceptors (Lipinski definition) is 3. The zero-order valence-electron chi connectivity index (χ0n) is 13.0. The number of amides is 1. The van der Waals surface area contributed by atoms with Gasteiger partial charge in [-0.1, -0.05) is 25.5 Å². The van der Waals surface area contributed by atoms with Gasteiger partial charge in [-0.3, -0.25) is 4.79 Å². The van der Waals surface area contributed by atoms with E-state index in [4.69, 9.17) is 5.73 Å². The second kappa shape index (κ2) is 8.15. The Morgan fingerprint density at radius 2 is 2.14 bits per heavy atom. The first-order valence-electron chi connectivity index (χ1n) is 8.07. The average molecular weight is 289 g/mol. The van der Waals surface area contributed by atoms with E-state index in [0.29, 0.717) is 0 Å². The first-order chi connectivity index (χ1) is 10.2. The Kier molecular flexibility index (Phi) is 6.21. The van der Waals surface area contributed by atoms with Crippen molar-refractivity contribution in [1.29, 1.82) is 0 Å². The Morgan fingerprint density at radius 3 is 2.86 bits per heavy atom. The number of likely N-dealkylation sites (tertiary alicyclic amines) is 1. The van der Waals surface area contributed by atoms with E-state index < -0.39 is 6.04 Å². The van der Waals surface area contributed by atoms with Gasteiger partial charge in [-0.25, -0.2) is 0 Å². The molecule has 0 saturated carbocycles. The molecule has 1 atom stereocenters. The van der Waals surface area contributed by atoms with Gasteiger partial charge in [0.1, 0.15) is 0 Å². The Labute approximate surface area is 127 Å². The van der Waals surface area contributed by atoms with Crippen LogP contribution in [-0.4, -0.2) is 36.5 Å². The number of anilines is 1. The lowest BCUT2D eigenvalue weighted by Crippen LogP contribution is -2.35. The monoisotopic (exact) mass is 289 g/mol. The molecule has 1 amide bonds. The second-order valence-corrected chi connectivity index (χ2v) is 5.88. The molecule has 1 aromatic rings. The molecule has 0 aromatic heterocycles. The summed E-state index contributed by atoms with van der Waals surface area (Å²) in [6, 6.07) is 7.70. The van der Waals surface area contributed by atoms with Gasteiger partial charge in [0.25, 0.3) is 0 Å². The van der Waals surface area contributed by atoms with Gasteiger partial charge in [0.2, 0.25) is 5.91 Å². The molecule has 116 valence electrons. The molecule has 2 rings (SSSR count). The third-order valence-corrected chi connectivity index (χ3v) is 4.05. The fourth-order valence-electron chi connectivity index (χ4n) is 2.78. The highest BCUT2D eigenvalue weighted by Crippen LogP contribution is 2.14. The topological polar surface area (TPSA) is 58.4 Å². The number of nitrogens with zero attached hydrogens (tertiary/aromatic N) is 1. The zero-order chi connectivity index (χ0) is 15.1. The molecule has 0 bridgehead atoms. The van der Waals surface area contributed by atoms with E-state index in [1.807, 2.05) is 19.1 Å². The van der Waals surface area contributed by atoms with Gasteiger partial charge in [-0.2, -0.15) is 0 Å². The molecule has 1 aromatic carbocycles. The number of carbonyl (C=O) groups excluding carboxylic acids is 1. The molecule has 3 N–H and O–H groups in total. The molecule has 0 radical (unpaired) electrons. The lowest BCUT2D eigenvalue weighted by molar-refractivity contribution is -0.117. The molecular weight excluding hydrogens is 262 g/mol. The normalized spacial score (nSPS) is 16.9. The maximum absolute atomic E-state index is 11.9. The smallest absolute Gasteiger partial charge is 0.241 e. The second-order valence-electron chi connectivity index (χ2n) is 5.88. The van der Waals surface area contributed by atoms with Gasteiger partial charge < -0.3 is 16.0 Å². The summed E-state index contributed by atoms with van der Waals surface area (Å²) in [6.07, 6.45) is 5.33. The van der Waals surface area contributed by atoms with Crippen LogP contribution >= 0.6 is 0 Å². The van der Waals surface area contributed by atoms with Crippen molar-refractivity contribution >= 4 is 11.6 Å². The Bertz CT molecular complexity index is 455. The molecule has 1 fully saturated rings. The quantitative estimate of drug-likeness (QED) is 0.810. The Hall–Kier alpha value is -1.39. The highest BCUT2D eigenvalue weighted by Gasteiger charge is 2.13. The zero-order valence-corrected chi connectivity index (χ0v) is 13.0. The van der Waals surface area contributed by atoms with Gasteiger partial charge in [-0.05, 0) is 56.5 Å². The highest BCUT2D eigenvalue weighted by atomic mass is 16.2. The standard InChI is InChI=1S/C17H27N3O/c1-2-6-16(18)17(21)19-15-8-5-7-14(13-15)9-12-20-10-3-4-11-20/h5,7-8,13,16H,2-4,6,9-12,18H2,1H3,(H,19,21). The minimum absolute atomic E-state index is 0.0893. The molecule has 1 heterocycles. The van der Waals surface area contributed by atoms with E-state index in [1.165, 1.54) is 31.5 Å². The van der Waals surface area contributed by atoms with Crippen molar-refractivity contribution in [2.24, 2.45) is 5.73 Å². The van der Waals surface area contributed by atoms with Crippen molar-refractivity contribution < 1.29 is 4.79 Å². The molecule has 4 nitrogen and oxygen atoms in total. The number of nitrogens with two attached hydrogens (primary N) is 1. The predicted molar refractivity (Wildman–Crippen MR) is 87.3 cm³/mol. The van der Waals surface area contributed by atoms with Crippen molar-refractivity contribution in [3.63, 3.8) is 0 Å². The Morgan fingerprint density at radius 1 is 1.38 bits per heavy atom. The van der Waals surface area contributed by atoms with Gasteiger partial charge in [0.05, 0.1) is 6.04 Å². The van der Waals surface area contributed by atoms with Crippen molar-refractivity contribution in [3.05, 3.63) is 29.8 Å². The SMILES string of the molecule is CCCC(N)C(=O)Nc1cccc(CCN2CCCC2)c1. The summed E-state index contributed by atoms with van der Waals surface area (Å²) in [6.45, 7) is 5.59. The molecule has 1 saturated heterocycles. The molecule has 0 aliphatic carbocycles. The molecule has 1 aliphatic heterocycles. The summed E-state index contributed by atoms with van der Waals surface area (Å²) in [5.41, 5.74) is 7.96. The van der Waals surface area contributed by atoms with Gasteiger partial charge in [0.15, 0.2) is 0 Å². The molecule has 1 aliphatic rings. The third kappa shape index (κ3) is 5.14. The fourth-order valence-corrected chi connectivity index (χ4v) is 2.78. The van der Waals surface area contributed by atoms with Crippen molar-refractivity contribution in [2.45, 2.75) is 45.1 Å². The van der Waals surface area contributed by atoms with Gasteiger partial charge >= 0.3 is 0 Å². The number of nitrogens with one attached hydrogen (secondary N) is 1. The molecule has 21 heavy (non-hydrogen) atoms. The van der Waals surface area contributed by atoms with Crippen molar-refractivity contribution in [1.82, 2.24) is 4.90 Å².